The maximum atomic E-state index is 11.8. The number of nitrogens with one attached hydrogen (secondary N) is 1. The van der Waals surface area contributed by atoms with Crippen LogP contribution in [0, 0.1) is 5.92 Å². The van der Waals surface area contributed by atoms with Gasteiger partial charge in [-0.05, 0) is 31.8 Å². The second-order valence-electron chi connectivity index (χ2n) is 4.38. The van der Waals surface area contributed by atoms with Crippen molar-refractivity contribution >= 4 is 10.2 Å². The van der Waals surface area contributed by atoms with Crippen molar-refractivity contribution in [2.24, 2.45) is 5.92 Å². The average molecular weight is 233 g/mol. The summed E-state index contributed by atoms with van der Waals surface area (Å²) in [6, 6.07) is 0. The van der Waals surface area contributed by atoms with E-state index in [4.69, 9.17) is 0 Å². The summed E-state index contributed by atoms with van der Waals surface area (Å²) in [5.74, 6) is 0.535. The van der Waals surface area contributed by atoms with Crippen LogP contribution in [0.2, 0.25) is 0 Å². The Bertz CT molecular complexity index is 311. The summed E-state index contributed by atoms with van der Waals surface area (Å²) in [5.41, 5.74) is 0. The largest absolute Gasteiger partial charge is 0.317 e. The highest BCUT2D eigenvalue weighted by atomic mass is 32.2. The van der Waals surface area contributed by atoms with E-state index in [-0.39, 0.29) is 0 Å². The van der Waals surface area contributed by atoms with E-state index in [9.17, 15) is 8.42 Å². The smallest absolute Gasteiger partial charge is 0.281 e. The quantitative estimate of drug-likeness (QED) is 0.698. The van der Waals surface area contributed by atoms with Crippen molar-refractivity contribution in [1.29, 1.82) is 0 Å². The number of hydrogen-bond acceptors (Lipinski definition) is 3. The van der Waals surface area contributed by atoms with Gasteiger partial charge in [0.1, 0.15) is 0 Å². The van der Waals surface area contributed by atoms with E-state index in [1.807, 2.05) is 0 Å². The van der Waals surface area contributed by atoms with Crippen molar-refractivity contribution in [3.63, 3.8) is 0 Å². The molecule has 2 fully saturated rings. The first-order chi connectivity index (χ1) is 7.10. The van der Waals surface area contributed by atoms with Gasteiger partial charge in [-0.2, -0.15) is 17.0 Å². The van der Waals surface area contributed by atoms with Crippen molar-refractivity contribution in [3.05, 3.63) is 0 Å². The SMILES string of the molecule is CN1CCN(CC2CCNCC2)S1(=O)=O. The first kappa shape index (κ1) is 11.3. The Balaban J connectivity index is 1.94. The van der Waals surface area contributed by atoms with E-state index in [0.29, 0.717) is 25.6 Å². The standard InChI is InChI=1S/C9H19N3O2S/c1-11-6-7-12(15(11,13)14)8-9-2-4-10-5-3-9/h9-10H,2-8H2,1H3. The molecule has 0 radical (unpaired) electrons. The summed E-state index contributed by atoms with van der Waals surface area (Å²) in [5, 5.41) is 3.29. The zero-order chi connectivity index (χ0) is 10.9. The van der Waals surface area contributed by atoms with Gasteiger partial charge in [0.2, 0.25) is 0 Å². The molecule has 0 aromatic heterocycles. The Labute approximate surface area is 91.6 Å². The maximum Gasteiger partial charge on any atom is 0.281 e. The minimum Gasteiger partial charge on any atom is -0.317 e. The van der Waals surface area contributed by atoms with Crippen LogP contribution in [0.4, 0.5) is 0 Å². The summed E-state index contributed by atoms with van der Waals surface area (Å²) in [4.78, 5) is 0. The Morgan fingerprint density at radius 1 is 1.27 bits per heavy atom. The molecule has 0 bridgehead atoms. The highest BCUT2D eigenvalue weighted by Crippen LogP contribution is 2.20. The van der Waals surface area contributed by atoms with Crippen LogP contribution in [0.5, 0.6) is 0 Å². The van der Waals surface area contributed by atoms with Crippen LogP contribution in [-0.4, -0.2) is 56.8 Å². The fourth-order valence-corrected chi connectivity index (χ4v) is 3.64. The third-order valence-electron chi connectivity index (χ3n) is 3.31. The molecule has 0 aromatic carbocycles. The normalized spacial score (nSPS) is 29.7. The van der Waals surface area contributed by atoms with Crippen LogP contribution in [0.1, 0.15) is 12.8 Å². The molecular formula is C9H19N3O2S. The van der Waals surface area contributed by atoms with Crippen LogP contribution in [0.15, 0.2) is 0 Å². The second-order valence-corrected chi connectivity index (χ2v) is 6.42. The molecule has 0 unspecified atom stereocenters. The van der Waals surface area contributed by atoms with E-state index in [1.54, 1.807) is 11.4 Å². The van der Waals surface area contributed by atoms with Crippen LogP contribution in [-0.2, 0) is 10.2 Å². The average Bonchev–Trinajstić information content (AvgIpc) is 2.47. The molecule has 0 spiro atoms. The molecule has 6 heteroatoms. The van der Waals surface area contributed by atoms with Gasteiger partial charge in [0, 0.05) is 26.7 Å². The van der Waals surface area contributed by atoms with Gasteiger partial charge in [0.15, 0.2) is 0 Å². The van der Waals surface area contributed by atoms with E-state index in [2.05, 4.69) is 5.32 Å². The molecule has 2 aliphatic rings. The molecule has 2 rings (SSSR count). The first-order valence-electron chi connectivity index (χ1n) is 5.53. The predicted molar refractivity (Wildman–Crippen MR) is 58.7 cm³/mol. The van der Waals surface area contributed by atoms with Crippen molar-refractivity contribution in [1.82, 2.24) is 13.9 Å². The van der Waals surface area contributed by atoms with Crippen LogP contribution >= 0.6 is 0 Å². The van der Waals surface area contributed by atoms with Gasteiger partial charge in [-0.1, -0.05) is 0 Å². The summed E-state index contributed by atoms with van der Waals surface area (Å²) >= 11 is 0. The molecule has 15 heavy (non-hydrogen) atoms. The first-order valence-corrected chi connectivity index (χ1v) is 6.92. The number of hydrogen-bond donors (Lipinski definition) is 1. The van der Waals surface area contributed by atoms with Crippen molar-refractivity contribution in [2.45, 2.75) is 12.8 Å². The van der Waals surface area contributed by atoms with Crippen LogP contribution in [0.25, 0.3) is 0 Å². The van der Waals surface area contributed by atoms with Crippen molar-refractivity contribution < 1.29 is 8.42 Å². The van der Waals surface area contributed by atoms with Gasteiger partial charge in [0.25, 0.3) is 10.2 Å². The van der Waals surface area contributed by atoms with Crippen LogP contribution < -0.4 is 5.32 Å². The van der Waals surface area contributed by atoms with E-state index in [1.165, 1.54) is 4.31 Å². The fourth-order valence-electron chi connectivity index (χ4n) is 2.22. The summed E-state index contributed by atoms with van der Waals surface area (Å²) in [6.07, 6.45) is 2.19. The van der Waals surface area contributed by atoms with Gasteiger partial charge in [-0.3, -0.25) is 0 Å². The van der Waals surface area contributed by atoms with E-state index < -0.39 is 10.2 Å². The van der Waals surface area contributed by atoms with Gasteiger partial charge in [-0.25, -0.2) is 0 Å². The molecule has 5 nitrogen and oxygen atoms in total. The molecule has 2 saturated heterocycles. The predicted octanol–water partition coefficient (Wildman–Crippen LogP) is -0.522. The van der Waals surface area contributed by atoms with Gasteiger partial charge in [-0.15, -0.1) is 0 Å². The summed E-state index contributed by atoms with van der Waals surface area (Å²) in [7, 11) is -1.47. The molecule has 0 amide bonds. The van der Waals surface area contributed by atoms with Crippen LogP contribution in [0.3, 0.4) is 0 Å². The molecule has 0 atom stereocenters. The third kappa shape index (κ3) is 2.33. The highest BCUT2D eigenvalue weighted by Gasteiger charge is 2.34. The maximum absolute atomic E-state index is 11.8. The summed E-state index contributed by atoms with van der Waals surface area (Å²) < 4.78 is 26.7. The Hall–Kier alpha value is -0.170. The molecule has 0 saturated carbocycles. The Kier molecular flexibility index (Phi) is 3.30. The lowest BCUT2D eigenvalue weighted by molar-refractivity contribution is 0.301. The third-order valence-corrected chi connectivity index (χ3v) is 5.26. The number of rotatable bonds is 2. The molecule has 0 aliphatic carbocycles. The number of piperidine rings is 1. The molecule has 1 N–H and O–H groups in total. The van der Waals surface area contributed by atoms with E-state index in [0.717, 1.165) is 25.9 Å². The molecular weight excluding hydrogens is 214 g/mol. The lowest BCUT2D eigenvalue weighted by Crippen LogP contribution is -2.38. The Morgan fingerprint density at radius 2 is 1.93 bits per heavy atom. The highest BCUT2D eigenvalue weighted by molar-refractivity contribution is 7.87. The van der Waals surface area contributed by atoms with Crippen molar-refractivity contribution in [3.8, 4) is 0 Å². The topological polar surface area (TPSA) is 52.6 Å². The van der Waals surface area contributed by atoms with Gasteiger partial charge >= 0.3 is 0 Å². The zero-order valence-corrected chi connectivity index (χ0v) is 9.96. The second kappa shape index (κ2) is 4.37. The molecule has 2 aliphatic heterocycles. The Morgan fingerprint density at radius 3 is 2.47 bits per heavy atom. The lowest BCUT2D eigenvalue weighted by Gasteiger charge is -2.26. The molecule has 2 heterocycles. The monoisotopic (exact) mass is 233 g/mol. The molecule has 0 aromatic rings. The number of likely N-dealkylation sites (N-methyl/N-ethyl adjacent to an activating group) is 1. The molecule has 88 valence electrons. The minimum atomic E-state index is -3.12. The van der Waals surface area contributed by atoms with Crippen molar-refractivity contribution in [2.75, 3.05) is 39.8 Å². The summed E-state index contributed by atoms with van der Waals surface area (Å²) in [6.45, 7) is 4.03. The fraction of sp³-hybridized carbons (Fsp3) is 1.00. The zero-order valence-electron chi connectivity index (χ0n) is 9.15. The van der Waals surface area contributed by atoms with E-state index >= 15 is 0 Å². The minimum absolute atomic E-state index is 0.535. The lowest BCUT2D eigenvalue weighted by atomic mass is 9.98. The number of nitrogens with zero attached hydrogens (tertiary/aromatic N) is 2. The van der Waals surface area contributed by atoms with Gasteiger partial charge < -0.3 is 5.32 Å². The van der Waals surface area contributed by atoms with Gasteiger partial charge in [0.05, 0.1) is 0 Å².